The number of carbonyl (C=O) groups excluding carboxylic acids is 2. The fourth-order valence-electron chi connectivity index (χ4n) is 4.75. The number of fused-ring (bicyclic) bond motifs is 1. The standard InChI is InChI=1S/C27H31FN4O3/c1-3-18(2)20-15-21(25(28)22-16-23(35-26(20)22)27(34)30-11-6-12-30)19-7-4-10-31(17-19)24(33)8-14-32-13-5-9-29-32/h5,7,9,13,15-16,18H,3-4,6,8,10-12,14,17H2,1-2H3. The summed E-state index contributed by atoms with van der Waals surface area (Å²) in [5.41, 5.74) is 2.63. The van der Waals surface area contributed by atoms with Gasteiger partial charge in [0.2, 0.25) is 5.91 Å². The van der Waals surface area contributed by atoms with Crippen molar-refractivity contribution in [3.8, 4) is 0 Å². The lowest BCUT2D eigenvalue weighted by molar-refractivity contribution is -0.131. The van der Waals surface area contributed by atoms with Crippen molar-refractivity contribution in [3.63, 3.8) is 0 Å². The highest BCUT2D eigenvalue weighted by atomic mass is 19.1. The van der Waals surface area contributed by atoms with Gasteiger partial charge in [-0.05, 0) is 48.4 Å². The Morgan fingerprint density at radius 3 is 2.71 bits per heavy atom. The van der Waals surface area contributed by atoms with E-state index in [-0.39, 0.29) is 23.5 Å². The average molecular weight is 479 g/mol. The topological polar surface area (TPSA) is 71.6 Å². The predicted molar refractivity (Wildman–Crippen MR) is 131 cm³/mol. The van der Waals surface area contributed by atoms with Crippen LogP contribution in [0.3, 0.4) is 0 Å². The first-order valence-electron chi connectivity index (χ1n) is 12.5. The average Bonchev–Trinajstić information content (AvgIpc) is 3.52. The summed E-state index contributed by atoms with van der Waals surface area (Å²) in [4.78, 5) is 29.1. The van der Waals surface area contributed by atoms with E-state index in [1.807, 2.05) is 24.4 Å². The maximum atomic E-state index is 15.9. The second-order valence-electron chi connectivity index (χ2n) is 9.49. The molecule has 7 nitrogen and oxygen atoms in total. The summed E-state index contributed by atoms with van der Waals surface area (Å²) in [6, 6.07) is 5.24. The van der Waals surface area contributed by atoms with E-state index in [2.05, 4.69) is 18.9 Å². The zero-order valence-corrected chi connectivity index (χ0v) is 20.3. The molecule has 1 saturated heterocycles. The molecule has 184 valence electrons. The first-order valence-corrected chi connectivity index (χ1v) is 12.5. The minimum atomic E-state index is -0.393. The molecule has 3 aromatic rings. The van der Waals surface area contributed by atoms with Crippen molar-refractivity contribution in [3.05, 3.63) is 59.4 Å². The summed E-state index contributed by atoms with van der Waals surface area (Å²) in [5, 5.41) is 4.49. The van der Waals surface area contributed by atoms with Crippen LogP contribution in [0.15, 0.2) is 41.1 Å². The molecule has 4 heterocycles. The van der Waals surface area contributed by atoms with E-state index in [1.54, 1.807) is 26.7 Å². The van der Waals surface area contributed by atoms with Crippen LogP contribution in [0.25, 0.3) is 16.5 Å². The summed E-state index contributed by atoms with van der Waals surface area (Å²) >= 11 is 0. The van der Waals surface area contributed by atoms with E-state index in [1.165, 1.54) is 0 Å². The number of carbonyl (C=O) groups is 2. The number of amides is 2. The smallest absolute Gasteiger partial charge is 0.289 e. The molecule has 0 spiro atoms. The van der Waals surface area contributed by atoms with Crippen LogP contribution >= 0.6 is 0 Å². The SMILES string of the molecule is CCC(C)c1cc(C2=CCCN(C(=O)CCn3cccn3)C2)c(F)c2cc(C(=O)N3CCC3)oc12. The van der Waals surface area contributed by atoms with Gasteiger partial charge in [0.15, 0.2) is 5.76 Å². The van der Waals surface area contributed by atoms with Gasteiger partial charge >= 0.3 is 0 Å². The van der Waals surface area contributed by atoms with E-state index in [4.69, 9.17) is 4.42 Å². The van der Waals surface area contributed by atoms with Gasteiger partial charge in [0.1, 0.15) is 11.4 Å². The minimum Gasteiger partial charge on any atom is -0.450 e. The number of furan rings is 1. The Morgan fingerprint density at radius 2 is 2.03 bits per heavy atom. The van der Waals surface area contributed by atoms with Crippen molar-refractivity contribution >= 4 is 28.4 Å². The number of nitrogens with zero attached hydrogens (tertiary/aromatic N) is 4. The van der Waals surface area contributed by atoms with E-state index < -0.39 is 5.82 Å². The second kappa shape index (κ2) is 9.68. The highest BCUT2D eigenvalue weighted by Crippen LogP contribution is 2.37. The van der Waals surface area contributed by atoms with Gasteiger partial charge in [-0.1, -0.05) is 19.9 Å². The van der Waals surface area contributed by atoms with Crippen LogP contribution in [-0.2, 0) is 11.3 Å². The lowest BCUT2D eigenvalue weighted by Crippen LogP contribution is -2.41. The molecule has 1 unspecified atom stereocenters. The molecule has 2 aliphatic heterocycles. The van der Waals surface area contributed by atoms with Crippen molar-refractivity contribution < 1.29 is 18.4 Å². The maximum absolute atomic E-state index is 15.9. The van der Waals surface area contributed by atoms with Gasteiger partial charge in [-0.25, -0.2) is 4.39 Å². The van der Waals surface area contributed by atoms with Gasteiger partial charge < -0.3 is 14.2 Å². The molecule has 2 aliphatic rings. The highest BCUT2D eigenvalue weighted by Gasteiger charge is 2.29. The molecule has 8 heteroatoms. The van der Waals surface area contributed by atoms with E-state index in [0.29, 0.717) is 62.1 Å². The van der Waals surface area contributed by atoms with Gasteiger partial charge in [-0.3, -0.25) is 14.3 Å². The first-order chi connectivity index (χ1) is 17.0. The Morgan fingerprint density at radius 1 is 1.20 bits per heavy atom. The Kier molecular flexibility index (Phi) is 6.45. The van der Waals surface area contributed by atoms with E-state index >= 15 is 4.39 Å². The van der Waals surface area contributed by atoms with Crippen LogP contribution in [0.4, 0.5) is 4.39 Å². The van der Waals surface area contributed by atoms with Gasteiger partial charge in [-0.15, -0.1) is 0 Å². The lowest BCUT2D eigenvalue weighted by atomic mass is 9.91. The van der Waals surface area contributed by atoms with Crippen molar-refractivity contribution in [2.24, 2.45) is 0 Å². The fourth-order valence-corrected chi connectivity index (χ4v) is 4.75. The van der Waals surface area contributed by atoms with Crippen LogP contribution < -0.4 is 0 Å². The van der Waals surface area contributed by atoms with Crippen LogP contribution in [0.2, 0.25) is 0 Å². The Labute approximate surface area is 204 Å². The number of hydrogen-bond acceptors (Lipinski definition) is 4. The van der Waals surface area contributed by atoms with Crippen molar-refractivity contribution in [1.29, 1.82) is 0 Å². The number of benzene rings is 1. The summed E-state index contributed by atoms with van der Waals surface area (Å²) < 4.78 is 23.6. The van der Waals surface area contributed by atoms with Gasteiger partial charge in [0.05, 0.1) is 5.39 Å². The summed E-state index contributed by atoms with van der Waals surface area (Å²) in [6.07, 6.45) is 8.40. The van der Waals surface area contributed by atoms with Crippen LogP contribution in [-0.4, -0.2) is 57.6 Å². The van der Waals surface area contributed by atoms with E-state index in [9.17, 15) is 9.59 Å². The van der Waals surface area contributed by atoms with Gasteiger partial charge in [0.25, 0.3) is 5.91 Å². The zero-order valence-electron chi connectivity index (χ0n) is 20.3. The third-order valence-electron chi connectivity index (χ3n) is 7.23. The number of aromatic nitrogens is 2. The molecule has 2 aromatic heterocycles. The molecule has 1 aromatic carbocycles. The molecule has 1 fully saturated rings. The van der Waals surface area contributed by atoms with Gasteiger partial charge in [0, 0.05) is 63.2 Å². The molecule has 2 amide bonds. The molecule has 0 aliphatic carbocycles. The molecule has 0 bridgehead atoms. The Bertz CT molecular complexity index is 1270. The highest BCUT2D eigenvalue weighted by molar-refractivity contribution is 5.98. The predicted octanol–water partition coefficient (Wildman–Crippen LogP) is 4.83. The number of hydrogen-bond donors (Lipinski definition) is 0. The van der Waals surface area contributed by atoms with Crippen molar-refractivity contribution in [1.82, 2.24) is 19.6 Å². The molecular formula is C27H31FN4O3. The molecular weight excluding hydrogens is 447 g/mol. The lowest BCUT2D eigenvalue weighted by Gasteiger charge is -2.29. The fraction of sp³-hybridized carbons (Fsp3) is 0.444. The van der Waals surface area contributed by atoms with Gasteiger partial charge in [-0.2, -0.15) is 5.10 Å². The Balaban J connectivity index is 1.44. The summed E-state index contributed by atoms with van der Waals surface area (Å²) in [6.45, 7) is 7.06. The molecule has 0 N–H and O–H groups in total. The van der Waals surface area contributed by atoms with Crippen LogP contribution in [0.5, 0.6) is 0 Å². The number of rotatable bonds is 7. The van der Waals surface area contributed by atoms with Crippen LogP contribution in [0.1, 0.15) is 67.1 Å². The summed E-state index contributed by atoms with van der Waals surface area (Å²) in [5.74, 6) is -0.232. The number of aryl methyl sites for hydroxylation is 1. The minimum absolute atomic E-state index is 0.0282. The normalized spacial score (nSPS) is 16.8. The first kappa shape index (κ1) is 23.3. The van der Waals surface area contributed by atoms with Crippen molar-refractivity contribution in [2.45, 2.75) is 52.0 Å². The van der Waals surface area contributed by atoms with E-state index in [0.717, 1.165) is 24.0 Å². The monoisotopic (exact) mass is 478 g/mol. The summed E-state index contributed by atoms with van der Waals surface area (Å²) in [7, 11) is 0. The number of halogens is 1. The van der Waals surface area contributed by atoms with Crippen LogP contribution in [0, 0.1) is 5.82 Å². The van der Waals surface area contributed by atoms with Crippen molar-refractivity contribution in [2.75, 3.05) is 26.2 Å². The molecule has 1 atom stereocenters. The largest absolute Gasteiger partial charge is 0.450 e. The molecule has 0 saturated carbocycles. The molecule has 0 radical (unpaired) electrons. The number of likely N-dealkylation sites (tertiary alicyclic amines) is 1. The zero-order chi connectivity index (χ0) is 24.5. The molecule has 35 heavy (non-hydrogen) atoms. The molecule has 5 rings (SSSR count). The quantitative estimate of drug-likeness (QED) is 0.488. The third kappa shape index (κ3) is 4.49. The third-order valence-corrected chi connectivity index (χ3v) is 7.23. The maximum Gasteiger partial charge on any atom is 0.289 e. The second-order valence-corrected chi connectivity index (χ2v) is 9.49. The Hall–Kier alpha value is -3.42.